The zero-order valence-electron chi connectivity index (χ0n) is 10.1. The normalized spacial score (nSPS) is 34.8. The average molecular weight is 210 g/mol. The third-order valence-corrected chi connectivity index (χ3v) is 4.41. The van der Waals surface area contributed by atoms with Gasteiger partial charge < -0.3 is 11.1 Å². The third-order valence-electron chi connectivity index (χ3n) is 4.41. The summed E-state index contributed by atoms with van der Waals surface area (Å²) in [6, 6.07) is 0.777. The highest BCUT2D eigenvalue weighted by atomic mass is 14.9. The summed E-state index contributed by atoms with van der Waals surface area (Å²) in [5.41, 5.74) is 6.30. The predicted octanol–water partition coefficient (Wildman–Crippen LogP) is 2.28. The van der Waals surface area contributed by atoms with Crippen molar-refractivity contribution < 1.29 is 0 Å². The molecule has 2 fully saturated rings. The zero-order valence-corrected chi connectivity index (χ0v) is 10.1. The predicted molar refractivity (Wildman–Crippen MR) is 64.8 cm³/mol. The lowest BCUT2D eigenvalue weighted by Crippen LogP contribution is -2.36. The summed E-state index contributed by atoms with van der Waals surface area (Å²) in [5, 5.41) is 3.76. The molecule has 0 radical (unpaired) electrons. The summed E-state index contributed by atoms with van der Waals surface area (Å²) in [7, 11) is 0. The van der Waals surface area contributed by atoms with Gasteiger partial charge in [0.25, 0.3) is 0 Å². The van der Waals surface area contributed by atoms with Crippen LogP contribution < -0.4 is 11.1 Å². The molecule has 2 heteroatoms. The van der Waals surface area contributed by atoms with Gasteiger partial charge in [0.05, 0.1) is 0 Å². The summed E-state index contributed by atoms with van der Waals surface area (Å²) in [4.78, 5) is 0. The van der Waals surface area contributed by atoms with E-state index in [1.807, 2.05) is 0 Å². The molecular weight excluding hydrogens is 184 g/mol. The standard InChI is InChI=1S/C13H26N2/c1-11-3-2-4-12(6-5-11)15-10-13(9-14)7-8-13/h11-12,15H,2-10,14H2,1H3. The van der Waals surface area contributed by atoms with E-state index < -0.39 is 0 Å². The minimum Gasteiger partial charge on any atom is -0.330 e. The van der Waals surface area contributed by atoms with Gasteiger partial charge in [-0.15, -0.1) is 0 Å². The van der Waals surface area contributed by atoms with E-state index in [0.29, 0.717) is 5.41 Å². The molecule has 2 rings (SSSR count). The van der Waals surface area contributed by atoms with Crippen molar-refractivity contribution in [3.63, 3.8) is 0 Å². The van der Waals surface area contributed by atoms with Gasteiger partial charge in [0.15, 0.2) is 0 Å². The fraction of sp³-hybridized carbons (Fsp3) is 1.00. The van der Waals surface area contributed by atoms with Crippen LogP contribution in [0.1, 0.15) is 51.9 Å². The molecule has 88 valence electrons. The number of nitrogens with one attached hydrogen (secondary N) is 1. The molecule has 2 aliphatic carbocycles. The van der Waals surface area contributed by atoms with Crippen molar-refractivity contribution in [2.45, 2.75) is 57.9 Å². The van der Waals surface area contributed by atoms with Gasteiger partial charge in [-0.3, -0.25) is 0 Å². The van der Waals surface area contributed by atoms with Gasteiger partial charge in [0.2, 0.25) is 0 Å². The Morgan fingerprint density at radius 1 is 1.20 bits per heavy atom. The Morgan fingerprint density at radius 3 is 2.67 bits per heavy atom. The van der Waals surface area contributed by atoms with Crippen LogP contribution in [0.5, 0.6) is 0 Å². The molecule has 0 amide bonds. The van der Waals surface area contributed by atoms with Crippen LogP contribution >= 0.6 is 0 Å². The third kappa shape index (κ3) is 3.18. The Balaban J connectivity index is 1.70. The molecule has 3 N–H and O–H groups in total. The van der Waals surface area contributed by atoms with Crippen molar-refractivity contribution in [2.24, 2.45) is 17.1 Å². The zero-order chi connectivity index (χ0) is 10.7. The van der Waals surface area contributed by atoms with E-state index in [9.17, 15) is 0 Å². The summed E-state index contributed by atoms with van der Waals surface area (Å²) in [6.45, 7) is 4.44. The first-order valence-corrected chi connectivity index (χ1v) is 6.68. The Morgan fingerprint density at radius 2 is 2.00 bits per heavy atom. The Hall–Kier alpha value is -0.0800. The highest BCUT2D eigenvalue weighted by Crippen LogP contribution is 2.43. The fourth-order valence-corrected chi connectivity index (χ4v) is 2.68. The molecule has 0 saturated heterocycles. The number of hydrogen-bond acceptors (Lipinski definition) is 2. The van der Waals surface area contributed by atoms with Crippen molar-refractivity contribution in [1.82, 2.24) is 5.32 Å². The first kappa shape index (κ1) is 11.4. The van der Waals surface area contributed by atoms with Crippen LogP contribution in [0.3, 0.4) is 0 Å². The van der Waals surface area contributed by atoms with E-state index >= 15 is 0 Å². The molecule has 2 unspecified atom stereocenters. The average Bonchev–Trinajstić information content (AvgIpc) is 3.02. The summed E-state index contributed by atoms with van der Waals surface area (Å²) < 4.78 is 0. The van der Waals surface area contributed by atoms with E-state index in [-0.39, 0.29) is 0 Å². The second-order valence-corrected chi connectivity index (χ2v) is 5.90. The minimum atomic E-state index is 0.498. The molecule has 0 aromatic heterocycles. The largest absolute Gasteiger partial charge is 0.330 e. The number of nitrogens with two attached hydrogens (primary N) is 1. The van der Waals surface area contributed by atoms with Gasteiger partial charge in [0, 0.05) is 12.6 Å². The maximum atomic E-state index is 5.80. The lowest BCUT2D eigenvalue weighted by atomic mass is 10.0. The molecule has 2 saturated carbocycles. The first-order chi connectivity index (χ1) is 7.24. The van der Waals surface area contributed by atoms with Gasteiger partial charge in [-0.1, -0.05) is 19.8 Å². The molecule has 15 heavy (non-hydrogen) atoms. The van der Waals surface area contributed by atoms with E-state index in [1.165, 1.54) is 51.5 Å². The summed E-state index contributed by atoms with van der Waals surface area (Å²) >= 11 is 0. The highest BCUT2D eigenvalue weighted by Gasteiger charge is 2.41. The van der Waals surface area contributed by atoms with Crippen LogP contribution in [0, 0.1) is 11.3 Å². The van der Waals surface area contributed by atoms with Crippen molar-refractivity contribution in [3.05, 3.63) is 0 Å². The molecule has 2 aliphatic rings. The first-order valence-electron chi connectivity index (χ1n) is 6.68. The summed E-state index contributed by atoms with van der Waals surface area (Å²) in [5.74, 6) is 0.946. The highest BCUT2D eigenvalue weighted by molar-refractivity contribution is 4.96. The Kier molecular flexibility index (Phi) is 3.68. The molecule has 0 aromatic rings. The maximum Gasteiger partial charge on any atom is 0.00674 e. The molecular formula is C13H26N2. The van der Waals surface area contributed by atoms with E-state index in [1.54, 1.807) is 0 Å². The van der Waals surface area contributed by atoms with Gasteiger partial charge >= 0.3 is 0 Å². The van der Waals surface area contributed by atoms with Crippen molar-refractivity contribution >= 4 is 0 Å². The maximum absolute atomic E-state index is 5.80. The van der Waals surface area contributed by atoms with Crippen LogP contribution in [0.4, 0.5) is 0 Å². The van der Waals surface area contributed by atoms with Crippen LogP contribution in [0.25, 0.3) is 0 Å². The molecule has 0 spiro atoms. The second kappa shape index (κ2) is 4.84. The van der Waals surface area contributed by atoms with Crippen LogP contribution in [-0.4, -0.2) is 19.1 Å². The molecule has 0 bridgehead atoms. The molecule has 2 atom stereocenters. The fourth-order valence-electron chi connectivity index (χ4n) is 2.68. The van der Waals surface area contributed by atoms with Crippen molar-refractivity contribution in [1.29, 1.82) is 0 Å². The van der Waals surface area contributed by atoms with Gasteiger partial charge in [0.1, 0.15) is 0 Å². The molecule has 0 aromatic carbocycles. The number of rotatable bonds is 4. The van der Waals surface area contributed by atoms with E-state index in [4.69, 9.17) is 5.73 Å². The van der Waals surface area contributed by atoms with Crippen molar-refractivity contribution in [2.75, 3.05) is 13.1 Å². The van der Waals surface area contributed by atoms with Crippen LogP contribution in [0.15, 0.2) is 0 Å². The topological polar surface area (TPSA) is 38.0 Å². The Labute approximate surface area is 94.0 Å². The summed E-state index contributed by atoms with van der Waals surface area (Å²) in [6.07, 6.45) is 9.70. The lowest BCUT2D eigenvalue weighted by molar-refractivity contribution is 0.387. The molecule has 2 nitrogen and oxygen atoms in total. The van der Waals surface area contributed by atoms with E-state index in [2.05, 4.69) is 12.2 Å². The number of hydrogen-bond donors (Lipinski definition) is 2. The van der Waals surface area contributed by atoms with Gasteiger partial charge in [-0.2, -0.15) is 0 Å². The molecule has 0 aliphatic heterocycles. The quantitative estimate of drug-likeness (QED) is 0.699. The lowest BCUT2D eigenvalue weighted by Gasteiger charge is -2.20. The van der Waals surface area contributed by atoms with Crippen molar-refractivity contribution in [3.8, 4) is 0 Å². The van der Waals surface area contributed by atoms with Crippen LogP contribution in [0.2, 0.25) is 0 Å². The minimum absolute atomic E-state index is 0.498. The second-order valence-electron chi connectivity index (χ2n) is 5.90. The van der Waals surface area contributed by atoms with E-state index in [0.717, 1.165) is 18.5 Å². The smallest absolute Gasteiger partial charge is 0.00674 e. The SMILES string of the molecule is CC1CCCC(NCC2(CN)CC2)CC1. The van der Waals surface area contributed by atoms with Gasteiger partial charge in [-0.05, 0) is 50.0 Å². The monoisotopic (exact) mass is 210 g/mol. The van der Waals surface area contributed by atoms with Crippen LogP contribution in [-0.2, 0) is 0 Å². The Bertz CT molecular complexity index is 199. The molecule has 0 heterocycles. The van der Waals surface area contributed by atoms with Gasteiger partial charge in [-0.25, -0.2) is 0 Å².